The minimum atomic E-state index is -4.39. The summed E-state index contributed by atoms with van der Waals surface area (Å²) in [5.41, 5.74) is 2.36. The number of nitrogens with one attached hydrogen (secondary N) is 2. The molecule has 3 rings (SSSR count). The summed E-state index contributed by atoms with van der Waals surface area (Å²) in [5, 5.41) is 5.89. The largest absolute Gasteiger partial charge is 0.736 e. The molecular weight excluding hydrogens is 327 g/mol. The van der Waals surface area contributed by atoms with E-state index in [1.807, 2.05) is 13.8 Å². The van der Waals surface area contributed by atoms with Crippen molar-refractivity contribution in [2.45, 2.75) is 13.8 Å². The van der Waals surface area contributed by atoms with Gasteiger partial charge in [-0.3, -0.25) is 0 Å². The zero-order valence-electron chi connectivity index (χ0n) is 13.4. The van der Waals surface area contributed by atoms with Gasteiger partial charge in [0.05, 0.1) is 5.69 Å². The van der Waals surface area contributed by atoms with E-state index in [-0.39, 0.29) is 11.5 Å². The number of hydrogen-bond donors (Lipinski definition) is 1. The highest BCUT2D eigenvalue weighted by Crippen LogP contribution is 2.40. The fraction of sp³-hybridized carbons (Fsp3) is 0.118. The molecule has 0 saturated heterocycles. The Hall–Kier alpha value is -2.56. The zero-order chi connectivity index (χ0) is 17.4. The minimum absolute atomic E-state index is 0.224. The van der Waals surface area contributed by atoms with E-state index in [4.69, 9.17) is 9.05 Å². The van der Waals surface area contributed by atoms with Gasteiger partial charge in [-0.2, -0.15) is 5.10 Å². The number of H-pyrrole nitrogens is 2. The van der Waals surface area contributed by atoms with E-state index < -0.39 is 7.82 Å². The summed E-state index contributed by atoms with van der Waals surface area (Å²) in [4.78, 5) is 11.6. The molecule has 0 aliphatic carbocycles. The monoisotopic (exact) mass is 346 g/mol. The molecule has 6 nitrogen and oxygen atoms in total. The first-order valence-corrected chi connectivity index (χ1v) is 8.75. The van der Waals surface area contributed by atoms with Crippen molar-refractivity contribution in [3.05, 3.63) is 78.1 Å². The molecule has 0 bridgehead atoms. The van der Waals surface area contributed by atoms with Gasteiger partial charge in [-0.25, -0.2) is 4.57 Å². The number of phosphoric ester groups is 1. The molecular formula is C17H19N2O4P. The quantitative estimate of drug-likeness (QED) is 0.735. The molecule has 0 saturated carbocycles. The molecule has 0 atom stereocenters. The molecule has 0 unspecified atom stereocenters. The van der Waals surface area contributed by atoms with Crippen LogP contribution >= 0.6 is 7.82 Å². The standard InChI is InChI=1S/C12H11O4P.C5H8N2/c13-17(14,15-11-7-3-1-4-8-11)16-12-9-5-2-6-10-12;1-4-3-5(2)7-6-4/h1-10H,(H,13,14);3H,1-2H3,(H,6,7). The Morgan fingerprint density at radius 3 is 1.67 bits per heavy atom. The lowest BCUT2D eigenvalue weighted by Crippen LogP contribution is -2.12. The molecule has 0 fully saturated rings. The van der Waals surface area contributed by atoms with Crippen LogP contribution in [0.5, 0.6) is 11.5 Å². The molecule has 0 aliphatic heterocycles. The number of aryl methyl sites for hydroxylation is 2. The highest BCUT2D eigenvalue weighted by Gasteiger charge is 2.12. The Morgan fingerprint density at radius 2 is 1.38 bits per heavy atom. The van der Waals surface area contributed by atoms with Crippen molar-refractivity contribution in [1.82, 2.24) is 5.10 Å². The van der Waals surface area contributed by atoms with Crippen molar-refractivity contribution in [2.24, 2.45) is 0 Å². The van der Waals surface area contributed by atoms with Crippen molar-refractivity contribution in [3.63, 3.8) is 0 Å². The minimum Gasteiger partial charge on any atom is -0.736 e. The summed E-state index contributed by atoms with van der Waals surface area (Å²) in [5.74, 6) is 0.448. The van der Waals surface area contributed by atoms with Crippen LogP contribution in [0, 0.1) is 13.8 Å². The fourth-order valence-electron chi connectivity index (χ4n) is 1.83. The topological polar surface area (TPSA) is 88.5 Å². The molecule has 126 valence electrons. The molecule has 2 aromatic carbocycles. The fourth-order valence-corrected chi connectivity index (χ4v) is 2.63. The molecule has 7 heteroatoms. The van der Waals surface area contributed by atoms with Gasteiger partial charge in [0.2, 0.25) is 5.69 Å². The van der Waals surface area contributed by atoms with E-state index >= 15 is 0 Å². The molecule has 3 aromatic rings. The van der Waals surface area contributed by atoms with Crippen LogP contribution in [0.1, 0.15) is 11.4 Å². The summed E-state index contributed by atoms with van der Waals surface area (Å²) in [6, 6.07) is 18.5. The first-order chi connectivity index (χ1) is 11.4. The number of phosphoric acid groups is 1. The highest BCUT2D eigenvalue weighted by atomic mass is 31.2. The van der Waals surface area contributed by atoms with Crippen LogP contribution in [0.3, 0.4) is 0 Å². The van der Waals surface area contributed by atoms with Crippen LogP contribution < -0.4 is 19.0 Å². The predicted molar refractivity (Wildman–Crippen MR) is 88.6 cm³/mol. The van der Waals surface area contributed by atoms with Crippen molar-refractivity contribution in [2.75, 3.05) is 0 Å². The molecule has 2 N–H and O–H groups in total. The Kier molecular flexibility index (Phi) is 6.18. The molecule has 0 aliphatic rings. The van der Waals surface area contributed by atoms with Gasteiger partial charge >= 0.3 is 7.82 Å². The van der Waals surface area contributed by atoms with Crippen LogP contribution in [0.2, 0.25) is 0 Å². The summed E-state index contributed by atoms with van der Waals surface area (Å²) < 4.78 is 21.1. The van der Waals surface area contributed by atoms with Crippen LogP contribution in [0.25, 0.3) is 0 Å². The molecule has 1 heterocycles. The molecule has 0 spiro atoms. The summed E-state index contributed by atoms with van der Waals surface area (Å²) >= 11 is 0. The second-order valence-electron chi connectivity index (χ2n) is 5.02. The van der Waals surface area contributed by atoms with Gasteiger partial charge in [-0.15, -0.1) is 5.10 Å². The van der Waals surface area contributed by atoms with Crippen LogP contribution in [-0.2, 0) is 4.57 Å². The van der Waals surface area contributed by atoms with Crippen molar-refractivity contribution >= 4 is 7.82 Å². The average molecular weight is 346 g/mol. The molecule has 0 radical (unpaired) electrons. The lowest BCUT2D eigenvalue weighted by molar-refractivity contribution is -0.457. The third kappa shape index (κ3) is 6.28. The number of aromatic nitrogens is 2. The Morgan fingerprint density at radius 1 is 0.917 bits per heavy atom. The SMILES string of the molecule is Cc1cc(C)[nH+][nH]1.O=P([O-])(Oc1ccccc1)Oc1ccccc1. The van der Waals surface area contributed by atoms with Crippen LogP contribution in [-0.4, -0.2) is 5.10 Å². The predicted octanol–water partition coefficient (Wildman–Crippen LogP) is 3.06. The lowest BCUT2D eigenvalue weighted by atomic mass is 10.3. The second kappa shape index (κ2) is 8.34. The molecule has 1 aromatic heterocycles. The maximum Gasteiger partial charge on any atom is 0.372 e. The Balaban J connectivity index is 0.000000249. The van der Waals surface area contributed by atoms with E-state index in [1.54, 1.807) is 60.7 Å². The van der Waals surface area contributed by atoms with Crippen molar-refractivity contribution < 1.29 is 23.6 Å². The highest BCUT2D eigenvalue weighted by molar-refractivity contribution is 7.46. The van der Waals surface area contributed by atoms with Gasteiger partial charge < -0.3 is 13.9 Å². The van der Waals surface area contributed by atoms with Crippen molar-refractivity contribution in [1.29, 1.82) is 0 Å². The summed E-state index contributed by atoms with van der Waals surface area (Å²) in [6.07, 6.45) is 0. The van der Waals surface area contributed by atoms with Crippen molar-refractivity contribution in [3.8, 4) is 11.5 Å². The van der Waals surface area contributed by atoms with Gasteiger partial charge in [-0.05, 0) is 31.2 Å². The number of rotatable bonds is 4. The second-order valence-corrected chi connectivity index (χ2v) is 6.28. The van der Waals surface area contributed by atoms with E-state index in [2.05, 4.69) is 16.3 Å². The Bertz CT molecular complexity index is 729. The first kappa shape index (κ1) is 17.8. The smallest absolute Gasteiger partial charge is 0.372 e. The van der Waals surface area contributed by atoms with Gasteiger partial charge in [0, 0.05) is 13.0 Å². The summed E-state index contributed by atoms with van der Waals surface area (Å²) in [6.45, 7) is 4.03. The van der Waals surface area contributed by atoms with Gasteiger partial charge in [0.25, 0.3) is 0 Å². The van der Waals surface area contributed by atoms with Gasteiger partial charge in [0.15, 0.2) is 0 Å². The van der Waals surface area contributed by atoms with E-state index in [1.165, 1.54) is 11.4 Å². The van der Waals surface area contributed by atoms with Crippen LogP contribution in [0.4, 0.5) is 0 Å². The molecule has 0 amide bonds. The zero-order valence-corrected chi connectivity index (χ0v) is 14.3. The first-order valence-electron chi connectivity index (χ1n) is 7.29. The summed E-state index contributed by atoms with van der Waals surface area (Å²) in [7, 11) is -4.39. The van der Waals surface area contributed by atoms with E-state index in [0.717, 1.165) is 0 Å². The maximum atomic E-state index is 11.6. The van der Waals surface area contributed by atoms with E-state index in [9.17, 15) is 9.46 Å². The van der Waals surface area contributed by atoms with Crippen LogP contribution in [0.15, 0.2) is 66.7 Å². The van der Waals surface area contributed by atoms with Gasteiger partial charge in [0.1, 0.15) is 11.5 Å². The third-order valence-electron chi connectivity index (χ3n) is 2.81. The molecule has 24 heavy (non-hydrogen) atoms. The average Bonchev–Trinajstić information content (AvgIpc) is 2.92. The Labute approximate surface area is 140 Å². The third-order valence-corrected chi connectivity index (χ3v) is 3.68. The lowest BCUT2D eigenvalue weighted by Gasteiger charge is -2.23. The van der Waals surface area contributed by atoms with Gasteiger partial charge in [-0.1, -0.05) is 36.4 Å². The normalized spacial score (nSPS) is 10.5. The number of para-hydroxylation sites is 2. The number of aromatic amines is 2. The van der Waals surface area contributed by atoms with E-state index in [0.29, 0.717) is 0 Å². The number of benzene rings is 2. The number of hydrogen-bond acceptors (Lipinski definition) is 4. The maximum absolute atomic E-state index is 11.6.